The van der Waals surface area contributed by atoms with Crippen molar-refractivity contribution in [2.75, 3.05) is 32.7 Å². The van der Waals surface area contributed by atoms with Crippen molar-refractivity contribution in [3.05, 3.63) is 54.0 Å². The van der Waals surface area contributed by atoms with Crippen molar-refractivity contribution in [1.82, 2.24) is 15.1 Å². The summed E-state index contributed by atoms with van der Waals surface area (Å²) in [6, 6.07) is 11.7. The van der Waals surface area contributed by atoms with E-state index in [1.54, 1.807) is 12.1 Å². The summed E-state index contributed by atoms with van der Waals surface area (Å²) in [5.74, 6) is 2.17. The van der Waals surface area contributed by atoms with Gasteiger partial charge in [0.05, 0.1) is 18.9 Å². The van der Waals surface area contributed by atoms with Gasteiger partial charge in [-0.1, -0.05) is 18.2 Å². The molecule has 1 aliphatic heterocycles. The van der Waals surface area contributed by atoms with Gasteiger partial charge in [-0.15, -0.1) is 0 Å². The number of hydrogen-bond donors (Lipinski definition) is 1. The Morgan fingerprint density at radius 1 is 1.10 bits per heavy atom. The molecule has 166 valence electrons. The number of benzene rings is 1. The highest BCUT2D eigenvalue weighted by Gasteiger charge is 2.25. The van der Waals surface area contributed by atoms with Crippen molar-refractivity contribution in [2.24, 2.45) is 4.99 Å². The van der Waals surface area contributed by atoms with Gasteiger partial charge in [0.2, 0.25) is 0 Å². The van der Waals surface area contributed by atoms with E-state index in [1.165, 1.54) is 19.1 Å². The van der Waals surface area contributed by atoms with E-state index in [0.29, 0.717) is 31.5 Å². The number of rotatable bonds is 6. The van der Waals surface area contributed by atoms with E-state index in [1.807, 2.05) is 17.0 Å². The van der Waals surface area contributed by atoms with Crippen LogP contribution in [0.4, 0.5) is 0 Å². The van der Waals surface area contributed by atoms with Crippen molar-refractivity contribution in [1.29, 1.82) is 0 Å². The third-order valence-electron chi connectivity index (χ3n) is 5.90. The minimum Gasteiger partial charge on any atom is -0.490 e. The maximum absolute atomic E-state index is 12.5. The molecule has 0 unspecified atom stereocenters. The number of amides is 1. The standard InChI is InChI=1S/C24H32N4O3/c1-2-25-24(28-15-13-27(14-16-28)23(29)22-12-7-17-30-22)26-18-19-8-3-6-11-21(19)31-20-9-4-5-10-20/h3,6-8,11-12,17,20H,2,4-5,9-10,13-16,18H2,1H3,(H,25,26). The molecule has 1 saturated heterocycles. The van der Waals surface area contributed by atoms with Crippen LogP contribution >= 0.6 is 0 Å². The molecule has 0 bridgehead atoms. The Bertz CT molecular complexity index is 867. The lowest BCUT2D eigenvalue weighted by molar-refractivity contribution is 0.0657. The van der Waals surface area contributed by atoms with Crippen LogP contribution in [0.15, 0.2) is 52.1 Å². The number of ether oxygens (including phenoxy) is 1. The van der Waals surface area contributed by atoms with E-state index in [9.17, 15) is 4.79 Å². The molecule has 2 aliphatic rings. The number of nitrogens with zero attached hydrogens (tertiary/aromatic N) is 3. The van der Waals surface area contributed by atoms with Crippen LogP contribution in [0.1, 0.15) is 48.7 Å². The van der Waals surface area contributed by atoms with Gasteiger partial charge < -0.3 is 24.3 Å². The van der Waals surface area contributed by atoms with E-state index in [-0.39, 0.29) is 5.91 Å². The fourth-order valence-corrected chi connectivity index (χ4v) is 4.20. The summed E-state index contributed by atoms with van der Waals surface area (Å²) >= 11 is 0. The Hall–Kier alpha value is -2.96. The predicted molar refractivity (Wildman–Crippen MR) is 120 cm³/mol. The van der Waals surface area contributed by atoms with Crippen molar-refractivity contribution in [2.45, 2.75) is 45.3 Å². The monoisotopic (exact) mass is 424 g/mol. The minimum atomic E-state index is -0.0513. The molecule has 7 nitrogen and oxygen atoms in total. The third kappa shape index (κ3) is 5.40. The van der Waals surface area contributed by atoms with Crippen LogP contribution in [-0.2, 0) is 6.54 Å². The zero-order chi connectivity index (χ0) is 21.5. The molecule has 2 fully saturated rings. The second kappa shape index (κ2) is 10.4. The molecule has 31 heavy (non-hydrogen) atoms. The topological polar surface area (TPSA) is 70.3 Å². The molecule has 1 aromatic carbocycles. The van der Waals surface area contributed by atoms with Crippen LogP contribution in [0.2, 0.25) is 0 Å². The van der Waals surface area contributed by atoms with Gasteiger partial charge in [-0.25, -0.2) is 4.99 Å². The molecule has 2 aromatic rings. The number of aliphatic imine (C=N–C) groups is 1. The van der Waals surface area contributed by atoms with Crippen LogP contribution in [0.5, 0.6) is 5.75 Å². The highest BCUT2D eigenvalue weighted by atomic mass is 16.5. The number of carbonyl (C=O) groups is 1. The largest absolute Gasteiger partial charge is 0.490 e. The van der Waals surface area contributed by atoms with Gasteiger partial charge in [-0.05, 0) is 50.8 Å². The predicted octanol–water partition coefficient (Wildman–Crippen LogP) is 3.52. The smallest absolute Gasteiger partial charge is 0.289 e. The van der Waals surface area contributed by atoms with Gasteiger partial charge in [0.15, 0.2) is 11.7 Å². The zero-order valence-corrected chi connectivity index (χ0v) is 18.3. The van der Waals surface area contributed by atoms with Crippen LogP contribution in [0.25, 0.3) is 0 Å². The van der Waals surface area contributed by atoms with Crippen LogP contribution in [0.3, 0.4) is 0 Å². The van der Waals surface area contributed by atoms with Crippen LogP contribution in [-0.4, -0.2) is 60.5 Å². The van der Waals surface area contributed by atoms with Crippen molar-refractivity contribution in [3.8, 4) is 5.75 Å². The lowest BCUT2D eigenvalue weighted by atomic mass is 10.2. The van der Waals surface area contributed by atoms with Gasteiger partial charge >= 0.3 is 0 Å². The summed E-state index contributed by atoms with van der Waals surface area (Å²) in [4.78, 5) is 21.5. The summed E-state index contributed by atoms with van der Waals surface area (Å²) < 4.78 is 11.5. The highest BCUT2D eigenvalue weighted by molar-refractivity contribution is 5.91. The first-order valence-corrected chi connectivity index (χ1v) is 11.3. The Kier molecular flexibility index (Phi) is 7.12. The van der Waals surface area contributed by atoms with E-state index < -0.39 is 0 Å². The molecular weight excluding hydrogens is 392 g/mol. The molecule has 1 amide bonds. The van der Waals surface area contributed by atoms with Gasteiger partial charge in [0, 0.05) is 38.3 Å². The van der Waals surface area contributed by atoms with Crippen LogP contribution in [0, 0.1) is 0 Å². The fraction of sp³-hybridized carbons (Fsp3) is 0.500. The number of furan rings is 1. The average molecular weight is 425 g/mol. The first kappa shape index (κ1) is 21.3. The molecule has 0 atom stereocenters. The second-order valence-corrected chi connectivity index (χ2v) is 8.06. The summed E-state index contributed by atoms with van der Waals surface area (Å²) in [5, 5.41) is 3.40. The molecule has 1 N–H and O–H groups in total. The first-order chi connectivity index (χ1) is 15.2. The normalized spacial score (nSPS) is 17.8. The van der Waals surface area contributed by atoms with E-state index in [2.05, 4.69) is 29.3 Å². The molecule has 1 aromatic heterocycles. The van der Waals surface area contributed by atoms with Gasteiger partial charge in [0.25, 0.3) is 5.91 Å². The first-order valence-electron chi connectivity index (χ1n) is 11.3. The van der Waals surface area contributed by atoms with E-state index >= 15 is 0 Å². The minimum absolute atomic E-state index is 0.0513. The number of hydrogen-bond acceptors (Lipinski definition) is 4. The Labute approximate surface area is 184 Å². The Morgan fingerprint density at radius 3 is 2.55 bits per heavy atom. The van der Waals surface area contributed by atoms with Crippen molar-refractivity contribution >= 4 is 11.9 Å². The summed E-state index contributed by atoms with van der Waals surface area (Å²) in [5.41, 5.74) is 1.11. The Morgan fingerprint density at radius 2 is 1.84 bits per heavy atom. The molecule has 1 saturated carbocycles. The molecule has 2 heterocycles. The number of nitrogens with one attached hydrogen (secondary N) is 1. The molecule has 0 spiro atoms. The SMILES string of the molecule is CCNC(=NCc1ccccc1OC1CCCC1)N1CCN(C(=O)c2ccco2)CC1. The maximum Gasteiger partial charge on any atom is 0.289 e. The number of carbonyl (C=O) groups excluding carboxylic acids is 1. The molecule has 4 rings (SSSR count). The number of para-hydroxylation sites is 1. The quantitative estimate of drug-likeness (QED) is 0.568. The molecular formula is C24H32N4O3. The average Bonchev–Trinajstić information content (AvgIpc) is 3.52. The van der Waals surface area contributed by atoms with Crippen molar-refractivity contribution < 1.29 is 13.9 Å². The summed E-state index contributed by atoms with van der Waals surface area (Å²) in [7, 11) is 0. The van der Waals surface area contributed by atoms with Gasteiger partial charge in [-0.3, -0.25) is 4.79 Å². The zero-order valence-electron chi connectivity index (χ0n) is 18.3. The fourth-order valence-electron chi connectivity index (χ4n) is 4.20. The Balaban J connectivity index is 1.38. The lowest BCUT2D eigenvalue weighted by Gasteiger charge is -2.36. The third-order valence-corrected chi connectivity index (χ3v) is 5.90. The second-order valence-electron chi connectivity index (χ2n) is 8.06. The van der Waals surface area contributed by atoms with Crippen molar-refractivity contribution in [3.63, 3.8) is 0 Å². The number of guanidine groups is 1. The van der Waals surface area contributed by atoms with Crippen LogP contribution < -0.4 is 10.1 Å². The molecule has 0 radical (unpaired) electrons. The summed E-state index contributed by atoms with van der Waals surface area (Å²) in [6.07, 6.45) is 6.66. The lowest BCUT2D eigenvalue weighted by Crippen LogP contribution is -2.53. The molecule has 7 heteroatoms. The number of piperazine rings is 1. The maximum atomic E-state index is 12.5. The van der Waals surface area contributed by atoms with Gasteiger partial charge in [-0.2, -0.15) is 0 Å². The molecule has 1 aliphatic carbocycles. The van der Waals surface area contributed by atoms with E-state index in [0.717, 1.165) is 49.7 Å². The highest BCUT2D eigenvalue weighted by Crippen LogP contribution is 2.27. The summed E-state index contributed by atoms with van der Waals surface area (Å²) in [6.45, 7) is 6.19. The van der Waals surface area contributed by atoms with E-state index in [4.69, 9.17) is 14.1 Å². The van der Waals surface area contributed by atoms with Gasteiger partial charge in [0.1, 0.15) is 5.75 Å².